The van der Waals surface area contributed by atoms with Crippen molar-refractivity contribution in [3.8, 4) is 0 Å². The molecule has 0 atom stereocenters. The van der Waals surface area contributed by atoms with E-state index < -0.39 is 0 Å². The van der Waals surface area contributed by atoms with Gasteiger partial charge in [-0.05, 0) is 41.2 Å². The predicted molar refractivity (Wildman–Crippen MR) is 77.8 cm³/mol. The topological polar surface area (TPSA) is 0 Å². The van der Waals surface area contributed by atoms with E-state index >= 15 is 0 Å². The molecule has 0 saturated carbocycles. The molecule has 2 heteroatoms. The van der Waals surface area contributed by atoms with E-state index in [1.807, 2.05) is 24.3 Å². The molecular formula is C14H16S2. The minimum atomic E-state index is 1.04. The Hall–Kier alpha value is -0.600. The van der Waals surface area contributed by atoms with Crippen molar-refractivity contribution in [2.45, 2.75) is 17.7 Å². The van der Waals surface area contributed by atoms with Crippen LogP contribution in [0.5, 0.6) is 0 Å². The van der Waals surface area contributed by atoms with Gasteiger partial charge in [-0.25, -0.2) is 0 Å². The van der Waals surface area contributed by atoms with Crippen molar-refractivity contribution < 1.29 is 0 Å². The summed E-state index contributed by atoms with van der Waals surface area (Å²) in [5.41, 5.74) is 0. The molecule has 1 aliphatic heterocycles. The summed E-state index contributed by atoms with van der Waals surface area (Å²) in [5.74, 6) is 2.83. The molecule has 1 aliphatic rings. The molecule has 0 radical (unpaired) electrons. The Bertz CT molecular complexity index is 434. The fraction of sp³-hybridized carbons (Fsp3) is 0.286. The van der Waals surface area contributed by atoms with Crippen molar-refractivity contribution in [1.29, 1.82) is 0 Å². The molecule has 0 aromatic heterocycles. The van der Waals surface area contributed by atoms with Crippen LogP contribution in [0.25, 0.3) is 10.8 Å². The second kappa shape index (κ2) is 6.21. The first-order valence-corrected chi connectivity index (χ1v) is 7.22. The lowest BCUT2D eigenvalue weighted by Crippen LogP contribution is -1.71. The molecule has 84 valence electrons. The van der Waals surface area contributed by atoms with Crippen LogP contribution in [0.3, 0.4) is 0 Å². The Balaban J connectivity index is 0.000000162. The lowest BCUT2D eigenvalue weighted by atomic mass is 10.1. The standard InChI is InChI=1S/C10H8S.C4H8S/c11-10-7-3-5-8-4-1-2-6-9(8)10;1-2-4-5-3-1/h1-7,11H;1-4H2. The highest BCUT2D eigenvalue weighted by molar-refractivity contribution is 7.99. The predicted octanol–water partition coefficient (Wildman–Crippen LogP) is 4.64. The summed E-state index contributed by atoms with van der Waals surface area (Å²) in [4.78, 5) is 1.04. The van der Waals surface area contributed by atoms with Crippen molar-refractivity contribution in [2.75, 3.05) is 11.5 Å². The average molecular weight is 248 g/mol. The fourth-order valence-corrected chi connectivity index (χ4v) is 3.03. The van der Waals surface area contributed by atoms with Crippen molar-refractivity contribution in [1.82, 2.24) is 0 Å². The second-order valence-corrected chi connectivity index (χ2v) is 5.52. The summed E-state index contributed by atoms with van der Waals surface area (Å²) in [6.45, 7) is 0. The maximum Gasteiger partial charge on any atom is 0.0119 e. The van der Waals surface area contributed by atoms with Gasteiger partial charge in [0.1, 0.15) is 0 Å². The number of thiol groups is 1. The number of fused-ring (bicyclic) bond motifs is 1. The molecule has 0 amide bonds. The smallest absolute Gasteiger partial charge is 0.0119 e. The molecular weight excluding hydrogens is 232 g/mol. The Labute approximate surface area is 107 Å². The zero-order valence-corrected chi connectivity index (χ0v) is 10.9. The van der Waals surface area contributed by atoms with Crippen LogP contribution < -0.4 is 0 Å². The normalized spacial score (nSPS) is 14.6. The third kappa shape index (κ3) is 3.19. The number of hydrogen-bond donors (Lipinski definition) is 1. The molecule has 0 aliphatic carbocycles. The van der Waals surface area contributed by atoms with Gasteiger partial charge < -0.3 is 0 Å². The Morgan fingerprint density at radius 3 is 2.19 bits per heavy atom. The first kappa shape index (κ1) is 11.9. The summed E-state index contributed by atoms with van der Waals surface area (Å²) < 4.78 is 0. The van der Waals surface area contributed by atoms with E-state index in [1.165, 1.54) is 35.1 Å². The van der Waals surface area contributed by atoms with E-state index in [1.54, 1.807) is 0 Å². The molecule has 1 fully saturated rings. The van der Waals surface area contributed by atoms with Crippen molar-refractivity contribution in [3.05, 3.63) is 42.5 Å². The van der Waals surface area contributed by atoms with E-state index in [-0.39, 0.29) is 0 Å². The van der Waals surface area contributed by atoms with Gasteiger partial charge in [-0.2, -0.15) is 11.8 Å². The molecule has 2 aromatic carbocycles. The van der Waals surface area contributed by atoms with Gasteiger partial charge in [-0.3, -0.25) is 0 Å². The lowest BCUT2D eigenvalue weighted by molar-refractivity contribution is 0.949. The largest absolute Gasteiger partial charge is 0.162 e. The third-order valence-corrected chi connectivity index (χ3v) is 4.14. The molecule has 1 saturated heterocycles. The van der Waals surface area contributed by atoms with Crippen molar-refractivity contribution >= 4 is 35.2 Å². The molecule has 2 aromatic rings. The molecule has 1 heterocycles. The molecule has 0 bridgehead atoms. The van der Waals surface area contributed by atoms with Crippen LogP contribution >= 0.6 is 24.4 Å². The third-order valence-electron chi connectivity index (χ3n) is 2.59. The minimum Gasteiger partial charge on any atom is -0.162 e. The molecule has 16 heavy (non-hydrogen) atoms. The molecule has 0 N–H and O–H groups in total. The van der Waals surface area contributed by atoms with Crippen LogP contribution in [0, 0.1) is 0 Å². The maximum atomic E-state index is 4.35. The quantitative estimate of drug-likeness (QED) is 0.663. The van der Waals surface area contributed by atoms with Gasteiger partial charge >= 0.3 is 0 Å². The average Bonchev–Trinajstić information content (AvgIpc) is 2.88. The van der Waals surface area contributed by atoms with E-state index in [9.17, 15) is 0 Å². The number of thioether (sulfide) groups is 1. The number of benzene rings is 2. The molecule has 0 unspecified atom stereocenters. The summed E-state index contributed by atoms with van der Waals surface area (Å²) in [7, 11) is 0. The van der Waals surface area contributed by atoms with Gasteiger partial charge in [0, 0.05) is 4.90 Å². The highest BCUT2D eigenvalue weighted by Gasteiger charge is 1.95. The number of hydrogen-bond acceptors (Lipinski definition) is 2. The van der Waals surface area contributed by atoms with E-state index in [4.69, 9.17) is 0 Å². The van der Waals surface area contributed by atoms with E-state index in [0.717, 1.165) is 4.90 Å². The van der Waals surface area contributed by atoms with Gasteiger partial charge in [-0.1, -0.05) is 36.4 Å². The highest BCUT2D eigenvalue weighted by atomic mass is 32.2. The zero-order chi connectivity index (χ0) is 11.2. The van der Waals surface area contributed by atoms with E-state index in [2.05, 4.69) is 42.6 Å². The van der Waals surface area contributed by atoms with Gasteiger partial charge in [0.05, 0.1) is 0 Å². The summed E-state index contributed by atoms with van der Waals surface area (Å²) in [6.07, 6.45) is 2.93. The van der Waals surface area contributed by atoms with Crippen LogP contribution in [0.1, 0.15) is 12.8 Å². The molecule has 3 rings (SSSR count). The van der Waals surface area contributed by atoms with Gasteiger partial charge in [0.15, 0.2) is 0 Å². The molecule has 0 spiro atoms. The van der Waals surface area contributed by atoms with Crippen LogP contribution in [0.2, 0.25) is 0 Å². The van der Waals surface area contributed by atoms with E-state index in [0.29, 0.717) is 0 Å². The fourth-order valence-electron chi connectivity index (χ4n) is 1.72. The second-order valence-electron chi connectivity index (χ2n) is 3.82. The Kier molecular flexibility index (Phi) is 4.61. The van der Waals surface area contributed by atoms with Crippen LogP contribution in [0.15, 0.2) is 47.4 Å². The zero-order valence-electron chi connectivity index (χ0n) is 9.23. The van der Waals surface area contributed by atoms with Crippen LogP contribution in [-0.4, -0.2) is 11.5 Å². The van der Waals surface area contributed by atoms with Crippen molar-refractivity contribution in [2.24, 2.45) is 0 Å². The van der Waals surface area contributed by atoms with Crippen LogP contribution in [-0.2, 0) is 0 Å². The lowest BCUT2D eigenvalue weighted by Gasteiger charge is -1.98. The van der Waals surface area contributed by atoms with Crippen molar-refractivity contribution in [3.63, 3.8) is 0 Å². The van der Waals surface area contributed by atoms with Gasteiger partial charge in [-0.15, -0.1) is 12.6 Å². The first-order valence-electron chi connectivity index (χ1n) is 5.62. The molecule has 0 nitrogen and oxygen atoms in total. The highest BCUT2D eigenvalue weighted by Crippen LogP contribution is 2.20. The summed E-state index contributed by atoms with van der Waals surface area (Å²) >= 11 is 6.42. The van der Waals surface area contributed by atoms with Gasteiger partial charge in [0.25, 0.3) is 0 Å². The summed E-state index contributed by atoms with van der Waals surface area (Å²) in [6, 6.07) is 14.4. The monoisotopic (exact) mass is 248 g/mol. The SMILES string of the molecule is C1CCSC1.Sc1cccc2ccccc12. The maximum absolute atomic E-state index is 4.35. The Morgan fingerprint density at radius 1 is 0.875 bits per heavy atom. The Morgan fingerprint density at radius 2 is 1.56 bits per heavy atom. The number of rotatable bonds is 0. The summed E-state index contributed by atoms with van der Waals surface area (Å²) in [5, 5.41) is 2.47. The van der Waals surface area contributed by atoms with Crippen LogP contribution in [0.4, 0.5) is 0 Å². The first-order chi connectivity index (χ1) is 7.88. The van der Waals surface area contributed by atoms with Gasteiger partial charge in [0.2, 0.25) is 0 Å². The minimum absolute atomic E-state index is 1.04.